The van der Waals surface area contributed by atoms with E-state index in [1.165, 1.54) is 7.11 Å². The molecular weight excluding hydrogens is 344 g/mol. The number of sulfonamides is 1. The Labute approximate surface area is 147 Å². The molecule has 7 nitrogen and oxygen atoms in total. The fourth-order valence-corrected chi connectivity index (χ4v) is 4.03. The van der Waals surface area contributed by atoms with Crippen molar-refractivity contribution < 1.29 is 22.7 Å². The van der Waals surface area contributed by atoms with Crippen LogP contribution in [0, 0.1) is 6.92 Å². The number of nitrogens with zero attached hydrogens (tertiary/aromatic N) is 2. The first-order valence-corrected chi connectivity index (χ1v) is 9.34. The largest absolute Gasteiger partial charge is 0.465 e. The highest BCUT2D eigenvalue weighted by Crippen LogP contribution is 2.26. The molecule has 1 aromatic heterocycles. The molecule has 0 aliphatic carbocycles. The molecular formula is C17H22N2O5S. The zero-order chi connectivity index (χ0) is 18.4. The van der Waals surface area contributed by atoms with E-state index >= 15 is 0 Å². The summed E-state index contributed by atoms with van der Waals surface area (Å²) in [5, 5.41) is 0.522. The molecule has 0 atom stereocenters. The summed E-state index contributed by atoms with van der Waals surface area (Å²) in [7, 11) is -2.44. The third kappa shape index (κ3) is 4.33. The number of hydrogen-bond acceptors (Lipinski definition) is 6. The number of aryl methyl sites for hydroxylation is 1. The first-order valence-electron chi connectivity index (χ1n) is 7.90. The third-order valence-corrected chi connectivity index (χ3v) is 5.61. The zero-order valence-electron chi connectivity index (χ0n) is 14.6. The lowest BCUT2D eigenvalue weighted by molar-refractivity contribution is -0.143. The Morgan fingerprint density at radius 2 is 2.04 bits per heavy atom. The van der Waals surface area contributed by atoms with Crippen molar-refractivity contribution in [2.24, 2.45) is 0 Å². The minimum atomic E-state index is -3.92. The summed E-state index contributed by atoms with van der Waals surface area (Å²) >= 11 is 0. The van der Waals surface area contributed by atoms with Gasteiger partial charge in [0.15, 0.2) is 0 Å². The van der Waals surface area contributed by atoms with Crippen molar-refractivity contribution in [3.05, 3.63) is 36.0 Å². The molecule has 0 saturated carbocycles. The average Bonchev–Trinajstić information content (AvgIpc) is 2.59. The van der Waals surface area contributed by atoms with Crippen LogP contribution >= 0.6 is 0 Å². The quantitative estimate of drug-likeness (QED) is 0.662. The van der Waals surface area contributed by atoms with Crippen LogP contribution in [0.5, 0.6) is 0 Å². The highest BCUT2D eigenvalue weighted by Gasteiger charge is 2.29. The first kappa shape index (κ1) is 19.3. The molecule has 25 heavy (non-hydrogen) atoms. The van der Waals surface area contributed by atoms with Crippen molar-refractivity contribution in [2.45, 2.75) is 18.7 Å². The summed E-state index contributed by atoms with van der Waals surface area (Å²) in [4.78, 5) is 16.2. The van der Waals surface area contributed by atoms with Gasteiger partial charge in [0.2, 0.25) is 10.0 Å². The molecule has 136 valence electrons. The van der Waals surface area contributed by atoms with Gasteiger partial charge in [-0.3, -0.25) is 9.78 Å². The molecule has 0 bridgehead atoms. The monoisotopic (exact) mass is 366 g/mol. The van der Waals surface area contributed by atoms with Crippen LogP contribution in [0.25, 0.3) is 10.9 Å². The fourth-order valence-electron chi connectivity index (χ4n) is 2.48. The van der Waals surface area contributed by atoms with Crippen molar-refractivity contribution in [3.63, 3.8) is 0 Å². The van der Waals surface area contributed by atoms with Gasteiger partial charge in [-0.05, 0) is 37.6 Å². The summed E-state index contributed by atoms with van der Waals surface area (Å²) < 4.78 is 37.2. The van der Waals surface area contributed by atoms with E-state index in [1.807, 2.05) is 6.92 Å². The number of fused-ring (bicyclic) bond motifs is 1. The van der Waals surface area contributed by atoms with Gasteiger partial charge in [-0.25, -0.2) is 8.42 Å². The predicted octanol–water partition coefficient (Wildman–Crippen LogP) is 1.74. The van der Waals surface area contributed by atoms with E-state index in [1.54, 1.807) is 37.4 Å². The summed E-state index contributed by atoms with van der Waals surface area (Å²) in [5.41, 5.74) is 1.50. The topological polar surface area (TPSA) is 85.8 Å². The van der Waals surface area contributed by atoms with Gasteiger partial charge in [0.05, 0.1) is 23.6 Å². The van der Waals surface area contributed by atoms with Crippen molar-refractivity contribution in [1.29, 1.82) is 0 Å². The second kappa shape index (κ2) is 8.37. The minimum Gasteiger partial charge on any atom is -0.465 e. The second-order valence-corrected chi connectivity index (χ2v) is 7.32. The molecule has 0 fully saturated rings. The Bertz CT molecular complexity index is 851. The molecule has 0 saturated heterocycles. The minimum absolute atomic E-state index is 0.0489. The first-order chi connectivity index (χ1) is 11.9. The SMILES string of the molecule is CCOC(=O)CN(CCOC)S(=O)(=O)c1ccc(C)c2ncccc12. The van der Waals surface area contributed by atoms with Crippen LogP contribution in [-0.2, 0) is 24.3 Å². The van der Waals surface area contributed by atoms with E-state index in [0.29, 0.717) is 10.9 Å². The van der Waals surface area contributed by atoms with Gasteiger partial charge in [0.25, 0.3) is 0 Å². The van der Waals surface area contributed by atoms with E-state index < -0.39 is 16.0 Å². The average molecular weight is 366 g/mol. The lowest BCUT2D eigenvalue weighted by Gasteiger charge is -2.22. The Morgan fingerprint density at radius 3 is 2.72 bits per heavy atom. The molecule has 0 spiro atoms. The molecule has 0 amide bonds. The van der Waals surface area contributed by atoms with Gasteiger partial charge in [-0.1, -0.05) is 6.07 Å². The molecule has 0 N–H and O–H groups in total. The van der Waals surface area contributed by atoms with Gasteiger partial charge in [0.1, 0.15) is 6.54 Å². The van der Waals surface area contributed by atoms with Crippen molar-refractivity contribution in [2.75, 3.05) is 33.4 Å². The number of pyridine rings is 1. The molecule has 2 rings (SSSR count). The van der Waals surface area contributed by atoms with Gasteiger partial charge >= 0.3 is 5.97 Å². The highest BCUT2D eigenvalue weighted by molar-refractivity contribution is 7.89. The van der Waals surface area contributed by atoms with Crippen molar-refractivity contribution in [3.8, 4) is 0 Å². The number of benzene rings is 1. The predicted molar refractivity (Wildman–Crippen MR) is 93.7 cm³/mol. The zero-order valence-corrected chi connectivity index (χ0v) is 15.4. The summed E-state index contributed by atoms with van der Waals surface area (Å²) in [6, 6.07) is 6.65. The number of aromatic nitrogens is 1. The van der Waals surface area contributed by atoms with E-state index in [4.69, 9.17) is 9.47 Å². The van der Waals surface area contributed by atoms with Crippen LogP contribution in [-0.4, -0.2) is 57.1 Å². The number of ether oxygens (including phenoxy) is 2. The number of carbonyl (C=O) groups is 1. The fraction of sp³-hybridized carbons (Fsp3) is 0.412. The Hall–Kier alpha value is -2.03. The van der Waals surface area contributed by atoms with Crippen molar-refractivity contribution in [1.82, 2.24) is 9.29 Å². The Morgan fingerprint density at radius 1 is 1.28 bits per heavy atom. The van der Waals surface area contributed by atoms with Gasteiger partial charge in [-0.15, -0.1) is 0 Å². The summed E-state index contributed by atoms with van der Waals surface area (Å²) in [6.45, 7) is 3.58. The van der Waals surface area contributed by atoms with Crippen molar-refractivity contribution >= 4 is 26.9 Å². The molecule has 1 aromatic carbocycles. The second-order valence-electron chi connectivity index (χ2n) is 5.42. The maximum absolute atomic E-state index is 13.1. The Kier molecular flexibility index (Phi) is 6.46. The number of esters is 1. The number of carbonyl (C=O) groups excluding carboxylic acids is 1. The number of hydrogen-bond donors (Lipinski definition) is 0. The van der Waals surface area contributed by atoms with Crippen LogP contribution in [0.2, 0.25) is 0 Å². The number of methoxy groups -OCH3 is 1. The third-order valence-electron chi connectivity index (χ3n) is 3.70. The summed E-state index contributed by atoms with van der Waals surface area (Å²) in [5.74, 6) is -0.600. The normalized spacial score (nSPS) is 11.8. The standard InChI is InChI=1S/C17H22N2O5S/c1-4-24-16(20)12-19(10-11-23-3)25(21,22)15-8-7-13(2)17-14(15)6-5-9-18-17/h5-9H,4,10-12H2,1-3H3. The maximum atomic E-state index is 13.1. The maximum Gasteiger partial charge on any atom is 0.321 e. The van der Waals surface area contributed by atoms with Crippen LogP contribution < -0.4 is 0 Å². The smallest absolute Gasteiger partial charge is 0.321 e. The van der Waals surface area contributed by atoms with E-state index in [-0.39, 0.29) is 31.2 Å². The molecule has 0 radical (unpaired) electrons. The van der Waals surface area contributed by atoms with Crippen LogP contribution in [0.3, 0.4) is 0 Å². The van der Waals surface area contributed by atoms with E-state index in [0.717, 1.165) is 9.87 Å². The van der Waals surface area contributed by atoms with E-state index in [9.17, 15) is 13.2 Å². The molecule has 8 heteroatoms. The molecule has 0 aliphatic rings. The highest BCUT2D eigenvalue weighted by atomic mass is 32.2. The van der Waals surface area contributed by atoms with Crippen LogP contribution in [0.15, 0.2) is 35.4 Å². The van der Waals surface area contributed by atoms with Gasteiger partial charge in [0, 0.05) is 25.2 Å². The molecule has 0 aliphatic heterocycles. The molecule has 1 heterocycles. The number of rotatable bonds is 8. The lowest BCUT2D eigenvalue weighted by Crippen LogP contribution is -2.38. The van der Waals surface area contributed by atoms with Gasteiger partial charge < -0.3 is 9.47 Å². The Balaban J connectivity index is 2.49. The molecule has 0 unspecified atom stereocenters. The molecule has 2 aromatic rings. The van der Waals surface area contributed by atoms with E-state index in [2.05, 4.69) is 4.98 Å². The van der Waals surface area contributed by atoms with Crippen LogP contribution in [0.4, 0.5) is 0 Å². The lowest BCUT2D eigenvalue weighted by atomic mass is 10.1. The summed E-state index contributed by atoms with van der Waals surface area (Å²) in [6.07, 6.45) is 1.62. The van der Waals surface area contributed by atoms with Gasteiger partial charge in [-0.2, -0.15) is 4.31 Å². The van der Waals surface area contributed by atoms with Crippen LogP contribution in [0.1, 0.15) is 12.5 Å².